The van der Waals surface area contributed by atoms with E-state index in [-0.39, 0.29) is 11.6 Å². The van der Waals surface area contributed by atoms with Gasteiger partial charge < -0.3 is 10.3 Å². The van der Waals surface area contributed by atoms with E-state index < -0.39 is 0 Å². The molecular formula is C14H14ClN3O. The van der Waals surface area contributed by atoms with Crippen LogP contribution in [0.25, 0.3) is 0 Å². The van der Waals surface area contributed by atoms with Crippen molar-refractivity contribution < 1.29 is 0 Å². The minimum absolute atomic E-state index is 0.0428. The first-order valence-corrected chi connectivity index (χ1v) is 6.70. The van der Waals surface area contributed by atoms with Gasteiger partial charge in [0.05, 0.1) is 22.9 Å². The van der Waals surface area contributed by atoms with Crippen LogP contribution in [0.15, 0.2) is 35.4 Å². The van der Waals surface area contributed by atoms with Crippen LogP contribution >= 0.6 is 11.6 Å². The van der Waals surface area contributed by atoms with Gasteiger partial charge in [-0.2, -0.15) is 0 Å². The summed E-state index contributed by atoms with van der Waals surface area (Å²) in [4.78, 5) is 18.3. The van der Waals surface area contributed by atoms with E-state index in [2.05, 4.69) is 15.3 Å². The van der Waals surface area contributed by atoms with Gasteiger partial charge in [-0.15, -0.1) is 0 Å². The van der Waals surface area contributed by atoms with Gasteiger partial charge >= 0.3 is 0 Å². The number of hydrogen-bond donors (Lipinski definition) is 2. The van der Waals surface area contributed by atoms with Crippen molar-refractivity contribution >= 4 is 17.3 Å². The van der Waals surface area contributed by atoms with E-state index in [9.17, 15) is 4.79 Å². The highest BCUT2D eigenvalue weighted by molar-refractivity contribution is 6.33. The van der Waals surface area contributed by atoms with Crippen LogP contribution in [0.3, 0.4) is 0 Å². The monoisotopic (exact) mass is 275 g/mol. The number of nitrogens with one attached hydrogen (secondary N) is 2. The average molecular weight is 276 g/mol. The molecule has 5 heteroatoms. The fourth-order valence-electron chi connectivity index (χ4n) is 2.52. The van der Waals surface area contributed by atoms with E-state index in [0.717, 1.165) is 36.2 Å². The van der Waals surface area contributed by atoms with Gasteiger partial charge in [-0.05, 0) is 37.0 Å². The number of rotatable bonds is 2. The fraction of sp³-hybridized carbons (Fsp3) is 0.286. The Morgan fingerprint density at radius 1 is 1.37 bits per heavy atom. The number of halogens is 1. The molecule has 0 aliphatic heterocycles. The molecule has 0 saturated carbocycles. The zero-order valence-corrected chi connectivity index (χ0v) is 11.1. The second-order valence-electron chi connectivity index (χ2n) is 4.70. The largest absolute Gasteiger partial charge is 0.376 e. The normalized spacial score (nSPS) is 17.8. The molecule has 2 aromatic heterocycles. The maximum Gasteiger partial charge on any atom is 0.248 e. The van der Waals surface area contributed by atoms with Crippen LogP contribution < -0.4 is 10.9 Å². The van der Waals surface area contributed by atoms with Gasteiger partial charge in [-0.25, -0.2) is 0 Å². The van der Waals surface area contributed by atoms with Gasteiger partial charge in [0, 0.05) is 18.0 Å². The minimum Gasteiger partial charge on any atom is -0.376 e. The molecule has 1 atom stereocenters. The maximum atomic E-state index is 11.4. The Morgan fingerprint density at radius 3 is 3.11 bits per heavy atom. The molecule has 3 rings (SSSR count). The number of aryl methyl sites for hydroxylation is 1. The predicted octanol–water partition coefficient (Wildman–Crippen LogP) is 2.91. The Balaban J connectivity index is 1.92. The summed E-state index contributed by atoms with van der Waals surface area (Å²) in [6, 6.07) is 5.40. The molecule has 2 aromatic rings. The van der Waals surface area contributed by atoms with Gasteiger partial charge in [0.25, 0.3) is 0 Å². The predicted molar refractivity (Wildman–Crippen MR) is 75.6 cm³/mol. The second kappa shape index (κ2) is 5.05. The summed E-state index contributed by atoms with van der Waals surface area (Å²) in [5.74, 6) is 0. The number of pyridine rings is 2. The van der Waals surface area contributed by atoms with E-state index in [0.29, 0.717) is 5.02 Å². The van der Waals surface area contributed by atoms with Gasteiger partial charge in [0.1, 0.15) is 0 Å². The van der Waals surface area contributed by atoms with E-state index in [1.807, 2.05) is 6.07 Å². The summed E-state index contributed by atoms with van der Waals surface area (Å²) in [7, 11) is 0. The summed E-state index contributed by atoms with van der Waals surface area (Å²) in [5.41, 5.74) is 2.95. The minimum atomic E-state index is -0.0428. The molecule has 1 aliphatic rings. The molecule has 19 heavy (non-hydrogen) atoms. The summed E-state index contributed by atoms with van der Waals surface area (Å²) in [6.07, 6.45) is 6.37. The lowest BCUT2D eigenvalue weighted by Gasteiger charge is -2.26. The quantitative estimate of drug-likeness (QED) is 0.886. The molecule has 0 amide bonds. The van der Waals surface area contributed by atoms with Crippen molar-refractivity contribution in [1.82, 2.24) is 9.97 Å². The van der Waals surface area contributed by atoms with E-state index >= 15 is 0 Å². The van der Waals surface area contributed by atoms with Crippen LogP contribution in [0.5, 0.6) is 0 Å². The molecule has 0 aromatic carbocycles. The highest BCUT2D eigenvalue weighted by Crippen LogP contribution is 2.32. The number of fused-ring (bicyclic) bond motifs is 1. The van der Waals surface area contributed by atoms with Crippen molar-refractivity contribution in [3.05, 3.63) is 57.2 Å². The maximum absolute atomic E-state index is 11.4. The van der Waals surface area contributed by atoms with Crippen LogP contribution in [-0.2, 0) is 6.42 Å². The summed E-state index contributed by atoms with van der Waals surface area (Å²) in [6.45, 7) is 0. The molecule has 1 aliphatic carbocycles. The van der Waals surface area contributed by atoms with Gasteiger partial charge in [0.15, 0.2) is 0 Å². The van der Waals surface area contributed by atoms with Crippen molar-refractivity contribution in [1.29, 1.82) is 0 Å². The third-order valence-corrected chi connectivity index (χ3v) is 3.76. The standard InChI is InChI=1S/C14H14ClN3O/c15-10-6-7-16-8-13(10)17-11-2-1-3-12-9(11)4-5-14(19)18-12/h4-8,11,17H,1-3H2,(H,18,19). The summed E-state index contributed by atoms with van der Waals surface area (Å²) >= 11 is 6.14. The van der Waals surface area contributed by atoms with Crippen LogP contribution in [-0.4, -0.2) is 9.97 Å². The zero-order chi connectivity index (χ0) is 13.2. The molecule has 98 valence electrons. The SMILES string of the molecule is O=c1ccc2c([nH]1)CCCC2Nc1cnccc1Cl. The lowest BCUT2D eigenvalue weighted by atomic mass is 9.91. The third-order valence-electron chi connectivity index (χ3n) is 3.43. The van der Waals surface area contributed by atoms with Crippen LogP contribution in [0.2, 0.25) is 5.02 Å². The van der Waals surface area contributed by atoms with Crippen LogP contribution in [0.1, 0.15) is 30.1 Å². The average Bonchev–Trinajstić information content (AvgIpc) is 2.41. The first-order valence-electron chi connectivity index (χ1n) is 6.32. The number of nitrogens with zero attached hydrogens (tertiary/aromatic N) is 1. The smallest absolute Gasteiger partial charge is 0.248 e. The number of H-pyrrole nitrogens is 1. The third kappa shape index (κ3) is 2.49. The molecule has 2 N–H and O–H groups in total. The molecule has 2 heterocycles. The second-order valence-corrected chi connectivity index (χ2v) is 5.11. The highest BCUT2D eigenvalue weighted by atomic mass is 35.5. The number of aromatic amines is 1. The first kappa shape index (κ1) is 12.2. The molecule has 1 unspecified atom stereocenters. The molecular weight excluding hydrogens is 262 g/mol. The fourth-order valence-corrected chi connectivity index (χ4v) is 2.68. The Bertz CT molecular complexity index is 653. The topological polar surface area (TPSA) is 57.8 Å². The summed E-state index contributed by atoms with van der Waals surface area (Å²) < 4.78 is 0. The zero-order valence-electron chi connectivity index (χ0n) is 10.3. The molecule has 0 bridgehead atoms. The molecule has 0 spiro atoms. The molecule has 0 fully saturated rings. The number of hydrogen-bond acceptors (Lipinski definition) is 3. The lowest BCUT2D eigenvalue weighted by Crippen LogP contribution is -2.21. The van der Waals surface area contributed by atoms with Crippen molar-refractivity contribution in [2.45, 2.75) is 25.3 Å². The first-order chi connectivity index (χ1) is 9.24. The highest BCUT2D eigenvalue weighted by Gasteiger charge is 2.21. The van der Waals surface area contributed by atoms with Crippen molar-refractivity contribution in [2.75, 3.05) is 5.32 Å². The van der Waals surface area contributed by atoms with Gasteiger partial charge in [0.2, 0.25) is 5.56 Å². The summed E-state index contributed by atoms with van der Waals surface area (Å²) in [5, 5.41) is 4.07. The number of anilines is 1. The van der Waals surface area contributed by atoms with Crippen molar-refractivity contribution in [3.63, 3.8) is 0 Å². The Hall–Kier alpha value is -1.81. The molecule has 0 saturated heterocycles. The molecule has 4 nitrogen and oxygen atoms in total. The van der Waals surface area contributed by atoms with E-state index in [4.69, 9.17) is 11.6 Å². The van der Waals surface area contributed by atoms with Crippen molar-refractivity contribution in [2.24, 2.45) is 0 Å². The van der Waals surface area contributed by atoms with E-state index in [1.54, 1.807) is 24.5 Å². The van der Waals surface area contributed by atoms with Crippen LogP contribution in [0, 0.1) is 0 Å². The van der Waals surface area contributed by atoms with Gasteiger partial charge in [-0.1, -0.05) is 11.6 Å². The molecule has 0 radical (unpaired) electrons. The van der Waals surface area contributed by atoms with E-state index in [1.165, 1.54) is 0 Å². The Labute approximate surface area is 115 Å². The van der Waals surface area contributed by atoms with Crippen LogP contribution in [0.4, 0.5) is 5.69 Å². The Morgan fingerprint density at radius 2 is 2.26 bits per heavy atom. The lowest BCUT2D eigenvalue weighted by molar-refractivity contribution is 0.586. The Kier molecular flexibility index (Phi) is 3.25. The van der Waals surface area contributed by atoms with Crippen molar-refractivity contribution in [3.8, 4) is 0 Å². The van der Waals surface area contributed by atoms with Gasteiger partial charge in [-0.3, -0.25) is 9.78 Å². The number of aromatic nitrogens is 2.